The molecule has 0 radical (unpaired) electrons. The van der Waals surface area contributed by atoms with E-state index < -0.39 is 0 Å². The predicted octanol–water partition coefficient (Wildman–Crippen LogP) is 2.49. The highest BCUT2D eigenvalue weighted by atomic mass is 79.9. The molecule has 1 unspecified atom stereocenters. The number of benzene rings is 2. The average Bonchev–Trinajstić information content (AvgIpc) is 2.48. The van der Waals surface area contributed by atoms with E-state index in [1.54, 1.807) is 0 Å². The van der Waals surface area contributed by atoms with Crippen molar-refractivity contribution in [1.29, 1.82) is 0 Å². The highest BCUT2D eigenvalue weighted by molar-refractivity contribution is 9.09. The molecule has 1 atom stereocenters. The van der Waals surface area contributed by atoms with Crippen LogP contribution in [0.4, 0.5) is 5.69 Å². The number of halogens is 1. The molecule has 0 fully saturated rings. The Morgan fingerprint density at radius 2 is 1.74 bits per heavy atom. The maximum absolute atomic E-state index is 6.19. The number of rotatable bonds is 2. The normalized spacial score (nSPS) is 21.3. The van der Waals surface area contributed by atoms with Crippen LogP contribution in [-0.2, 0) is 10.3 Å². The van der Waals surface area contributed by atoms with Gasteiger partial charge in [0.2, 0.25) is 5.69 Å². The number of para-hydroxylation sites is 1. The lowest BCUT2D eigenvalue weighted by Crippen LogP contribution is -2.72. The summed E-state index contributed by atoms with van der Waals surface area (Å²) < 4.78 is 6.19. The molecule has 2 aromatic rings. The second-order valence-electron chi connectivity index (χ2n) is 4.83. The standard InChI is InChI=1S/C16H14BrNO/c1-16(11-17)13-9-5-6-10-14(13)18-15(19-16)12-7-3-2-4-8-12/h2-10H,11H2,1H3/p+1. The molecule has 3 rings (SSSR count). The van der Waals surface area contributed by atoms with E-state index in [1.165, 1.54) is 5.56 Å². The zero-order chi connectivity index (χ0) is 13.3. The molecular formula is C16H15BrNO+. The fourth-order valence-electron chi connectivity index (χ4n) is 2.30. The average molecular weight is 317 g/mol. The van der Waals surface area contributed by atoms with E-state index in [-0.39, 0.29) is 5.60 Å². The van der Waals surface area contributed by atoms with Crippen molar-refractivity contribution < 1.29 is 9.73 Å². The smallest absolute Gasteiger partial charge is 0.374 e. The summed E-state index contributed by atoms with van der Waals surface area (Å²) >= 11 is 3.57. The summed E-state index contributed by atoms with van der Waals surface area (Å²) in [6.45, 7) is 2.10. The largest absolute Gasteiger partial charge is 0.432 e. The Kier molecular flexibility index (Phi) is 3.15. The van der Waals surface area contributed by atoms with Crippen molar-refractivity contribution in [2.24, 2.45) is 0 Å². The second-order valence-corrected chi connectivity index (χ2v) is 5.39. The third kappa shape index (κ3) is 2.19. The van der Waals surface area contributed by atoms with E-state index in [0.29, 0.717) is 0 Å². The minimum Gasteiger partial charge on any atom is -0.432 e. The number of alkyl halides is 1. The predicted molar refractivity (Wildman–Crippen MR) is 79.8 cm³/mol. The zero-order valence-electron chi connectivity index (χ0n) is 10.7. The first-order valence-electron chi connectivity index (χ1n) is 6.27. The summed E-state index contributed by atoms with van der Waals surface area (Å²) in [7, 11) is 0. The first kappa shape index (κ1) is 12.4. The van der Waals surface area contributed by atoms with Gasteiger partial charge in [0.1, 0.15) is 0 Å². The van der Waals surface area contributed by atoms with Crippen molar-refractivity contribution in [2.75, 3.05) is 5.33 Å². The summed E-state index contributed by atoms with van der Waals surface area (Å²) in [5.41, 5.74) is 2.98. The molecule has 1 heterocycles. The van der Waals surface area contributed by atoms with Crippen LogP contribution in [0.3, 0.4) is 0 Å². The van der Waals surface area contributed by atoms with E-state index >= 15 is 0 Å². The molecule has 0 bridgehead atoms. The number of nitrogens with one attached hydrogen (secondary N) is 1. The van der Waals surface area contributed by atoms with Crippen LogP contribution in [0.2, 0.25) is 0 Å². The third-order valence-corrected chi connectivity index (χ3v) is 4.43. The Labute approximate surface area is 121 Å². The van der Waals surface area contributed by atoms with Crippen LogP contribution >= 0.6 is 15.9 Å². The van der Waals surface area contributed by atoms with Gasteiger partial charge in [-0.3, -0.25) is 0 Å². The lowest BCUT2D eigenvalue weighted by atomic mass is 9.94. The van der Waals surface area contributed by atoms with E-state index in [0.717, 1.165) is 22.5 Å². The molecule has 0 amide bonds. The summed E-state index contributed by atoms with van der Waals surface area (Å²) in [5, 5.41) is 0.745. The van der Waals surface area contributed by atoms with Crippen molar-refractivity contribution in [3.8, 4) is 0 Å². The lowest BCUT2D eigenvalue weighted by molar-refractivity contribution is -0.380. The van der Waals surface area contributed by atoms with Crippen LogP contribution in [0.25, 0.3) is 0 Å². The Morgan fingerprint density at radius 3 is 2.47 bits per heavy atom. The molecule has 1 aliphatic rings. The second kappa shape index (κ2) is 4.82. The molecular weight excluding hydrogens is 302 g/mol. The molecule has 1 aliphatic heterocycles. The highest BCUT2D eigenvalue weighted by Gasteiger charge is 2.39. The Balaban J connectivity index is 2.14. The monoisotopic (exact) mass is 316 g/mol. The van der Waals surface area contributed by atoms with Gasteiger partial charge in [0.15, 0.2) is 5.60 Å². The van der Waals surface area contributed by atoms with E-state index in [4.69, 9.17) is 4.74 Å². The SMILES string of the molecule is CC1(CBr)OC(c2ccccc2)=[NH+]c2ccccc21. The molecule has 0 saturated heterocycles. The fraction of sp³-hybridized carbons (Fsp3) is 0.188. The number of fused-ring (bicyclic) bond motifs is 1. The van der Waals surface area contributed by atoms with Gasteiger partial charge in [0, 0.05) is 11.4 Å². The van der Waals surface area contributed by atoms with Crippen molar-refractivity contribution in [1.82, 2.24) is 0 Å². The van der Waals surface area contributed by atoms with Crippen LogP contribution in [0.1, 0.15) is 18.1 Å². The number of hydrogen-bond acceptors (Lipinski definition) is 1. The fourth-order valence-corrected chi connectivity index (χ4v) is 2.72. The van der Waals surface area contributed by atoms with Crippen LogP contribution in [0, 0.1) is 0 Å². The Morgan fingerprint density at radius 1 is 1.05 bits per heavy atom. The molecule has 19 heavy (non-hydrogen) atoms. The maximum Gasteiger partial charge on any atom is 0.374 e. The quantitative estimate of drug-likeness (QED) is 0.845. The highest BCUT2D eigenvalue weighted by Crippen LogP contribution is 2.33. The molecule has 3 heteroatoms. The van der Waals surface area contributed by atoms with Gasteiger partial charge in [-0.1, -0.05) is 46.3 Å². The van der Waals surface area contributed by atoms with Gasteiger partial charge in [0.25, 0.3) is 0 Å². The number of ether oxygens (including phenoxy) is 1. The molecule has 0 saturated carbocycles. The van der Waals surface area contributed by atoms with Gasteiger partial charge in [-0.25, -0.2) is 0 Å². The molecule has 2 aromatic carbocycles. The summed E-state index contributed by atoms with van der Waals surface area (Å²) in [6, 6.07) is 18.4. The molecule has 2 nitrogen and oxygen atoms in total. The van der Waals surface area contributed by atoms with Crippen LogP contribution in [-0.4, -0.2) is 11.2 Å². The minimum atomic E-state index is -0.354. The van der Waals surface area contributed by atoms with Crippen LogP contribution in [0.15, 0.2) is 54.6 Å². The first-order chi connectivity index (χ1) is 9.23. The van der Waals surface area contributed by atoms with E-state index in [2.05, 4.69) is 40.0 Å². The first-order valence-corrected chi connectivity index (χ1v) is 7.39. The van der Waals surface area contributed by atoms with E-state index in [9.17, 15) is 0 Å². The topological polar surface area (TPSA) is 23.2 Å². The maximum atomic E-state index is 6.19. The van der Waals surface area contributed by atoms with Gasteiger partial charge in [-0.05, 0) is 25.1 Å². The van der Waals surface area contributed by atoms with Gasteiger partial charge in [-0.2, -0.15) is 4.99 Å². The van der Waals surface area contributed by atoms with Gasteiger partial charge < -0.3 is 4.74 Å². The third-order valence-electron chi connectivity index (χ3n) is 3.36. The van der Waals surface area contributed by atoms with Crippen LogP contribution < -0.4 is 4.99 Å². The van der Waals surface area contributed by atoms with Crippen molar-refractivity contribution in [2.45, 2.75) is 12.5 Å². The Hall–Kier alpha value is -1.61. The molecule has 0 spiro atoms. The van der Waals surface area contributed by atoms with Gasteiger partial charge in [-0.15, -0.1) is 0 Å². The van der Waals surface area contributed by atoms with Crippen molar-refractivity contribution in [3.63, 3.8) is 0 Å². The summed E-state index contributed by atoms with van der Waals surface area (Å²) in [6.07, 6.45) is 0. The minimum absolute atomic E-state index is 0.354. The van der Waals surface area contributed by atoms with Gasteiger partial charge in [0.05, 0.1) is 11.1 Å². The summed E-state index contributed by atoms with van der Waals surface area (Å²) in [4.78, 5) is 3.38. The van der Waals surface area contributed by atoms with Crippen LogP contribution in [0.5, 0.6) is 0 Å². The zero-order valence-corrected chi connectivity index (χ0v) is 12.3. The van der Waals surface area contributed by atoms with Gasteiger partial charge >= 0.3 is 5.90 Å². The number of hydrogen-bond donors (Lipinski definition) is 1. The molecule has 0 aromatic heterocycles. The lowest BCUT2D eigenvalue weighted by Gasteiger charge is -2.30. The van der Waals surface area contributed by atoms with E-state index in [1.807, 2.05) is 42.5 Å². The molecule has 0 aliphatic carbocycles. The molecule has 1 N–H and O–H groups in total. The van der Waals surface area contributed by atoms with Crippen molar-refractivity contribution >= 4 is 27.5 Å². The summed E-state index contributed by atoms with van der Waals surface area (Å²) in [5.74, 6) is 0.807. The Bertz CT molecular complexity index is 624. The van der Waals surface area contributed by atoms with Crippen molar-refractivity contribution in [3.05, 3.63) is 65.7 Å². The molecule has 96 valence electrons.